The van der Waals surface area contributed by atoms with E-state index in [0.29, 0.717) is 0 Å². The van der Waals surface area contributed by atoms with E-state index < -0.39 is 0 Å². The smallest absolute Gasteiger partial charge is 0.205 e. The normalized spacial score (nSPS) is 14.4. The number of aromatic amines is 1. The van der Waals surface area contributed by atoms with Crippen LogP contribution in [0.25, 0.3) is 10.9 Å². The minimum absolute atomic E-state index is 0.154. The van der Waals surface area contributed by atoms with Crippen LogP contribution in [0.2, 0.25) is 0 Å². The van der Waals surface area contributed by atoms with Crippen LogP contribution in [0, 0.1) is 0 Å². The molecule has 3 aromatic rings. The Hall–Kier alpha value is -1.87. The molecule has 0 atom stereocenters. The number of nitrogens with one attached hydrogen (secondary N) is 1. The maximum Gasteiger partial charge on any atom is 0.205 e. The minimum atomic E-state index is 0.154. The quantitative estimate of drug-likeness (QED) is 0.696. The van der Waals surface area contributed by atoms with Gasteiger partial charge in [-0.25, -0.2) is 0 Å². The molecule has 1 aromatic carbocycles. The fraction of sp³-hybridized carbons (Fsp3) is 0.235. The monoisotopic (exact) mass is 281 g/mol. The van der Waals surface area contributed by atoms with Crippen LogP contribution in [0.1, 0.15) is 38.5 Å². The van der Waals surface area contributed by atoms with Gasteiger partial charge in [-0.1, -0.05) is 18.2 Å². The van der Waals surface area contributed by atoms with Gasteiger partial charge in [0.15, 0.2) is 0 Å². The molecule has 0 amide bonds. The van der Waals surface area contributed by atoms with Crippen LogP contribution in [-0.2, 0) is 12.8 Å². The van der Waals surface area contributed by atoms with Crippen molar-refractivity contribution < 1.29 is 4.79 Å². The highest BCUT2D eigenvalue weighted by Crippen LogP contribution is 2.32. The average molecular weight is 281 g/mol. The van der Waals surface area contributed by atoms with E-state index in [1.54, 1.807) is 11.3 Å². The summed E-state index contributed by atoms with van der Waals surface area (Å²) < 4.78 is 0. The Morgan fingerprint density at radius 1 is 1.15 bits per heavy atom. The number of hydrogen-bond donors (Lipinski definition) is 1. The number of para-hydroxylation sites is 1. The summed E-state index contributed by atoms with van der Waals surface area (Å²) in [5.41, 5.74) is 3.21. The van der Waals surface area contributed by atoms with Crippen molar-refractivity contribution in [1.82, 2.24) is 4.98 Å². The lowest BCUT2D eigenvalue weighted by Crippen LogP contribution is -1.97. The van der Waals surface area contributed by atoms with Gasteiger partial charge in [0.05, 0.1) is 4.88 Å². The number of aromatic nitrogens is 1. The molecular weight excluding hydrogens is 266 g/mol. The first-order valence-corrected chi connectivity index (χ1v) is 7.87. The summed E-state index contributed by atoms with van der Waals surface area (Å²) in [6.45, 7) is 0. The Kier molecular flexibility index (Phi) is 2.74. The maximum absolute atomic E-state index is 12.7. The fourth-order valence-electron chi connectivity index (χ4n) is 2.99. The Bertz CT molecular complexity index is 773. The van der Waals surface area contributed by atoms with Crippen LogP contribution in [0.5, 0.6) is 0 Å². The first kappa shape index (κ1) is 11.9. The predicted octanol–water partition coefficient (Wildman–Crippen LogP) is 4.34. The SMILES string of the molecule is O=C(c1cc2c(s1)CCCC2)c1c[nH]c2ccccc12. The number of benzene rings is 1. The molecular formula is C17H15NOS. The topological polar surface area (TPSA) is 32.9 Å². The van der Waals surface area contributed by atoms with Gasteiger partial charge in [-0.15, -0.1) is 11.3 Å². The van der Waals surface area contributed by atoms with Gasteiger partial charge in [0, 0.05) is 27.5 Å². The predicted molar refractivity (Wildman–Crippen MR) is 82.7 cm³/mol. The average Bonchev–Trinajstić information content (AvgIpc) is 3.10. The standard InChI is InChI=1S/C17H15NOS/c19-17(13-10-18-14-7-3-2-6-12(13)14)16-9-11-5-1-4-8-15(11)20-16/h2-3,6-7,9-10,18H,1,4-5,8H2. The van der Waals surface area contributed by atoms with Crippen molar-refractivity contribution >= 4 is 28.0 Å². The second-order valence-electron chi connectivity index (χ2n) is 5.34. The number of fused-ring (bicyclic) bond motifs is 2. The Morgan fingerprint density at radius 3 is 2.90 bits per heavy atom. The van der Waals surface area contributed by atoms with E-state index >= 15 is 0 Å². The summed E-state index contributed by atoms with van der Waals surface area (Å²) in [6.07, 6.45) is 6.62. The summed E-state index contributed by atoms with van der Waals surface area (Å²) in [7, 11) is 0. The molecule has 0 unspecified atom stereocenters. The second-order valence-corrected chi connectivity index (χ2v) is 6.48. The Morgan fingerprint density at radius 2 is 2.00 bits per heavy atom. The molecule has 2 heterocycles. The molecule has 0 radical (unpaired) electrons. The molecule has 2 nitrogen and oxygen atoms in total. The van der Waals surface area contributed by atoms with Gasteiger partial charge in [-0.3, -0.25) is 4.79 Å². The third kappa shape index (κ3) is 1.81. The second kappa shape index (κ2) is 4.60. The van der Waals surface area contributed by atoms with Crippen molar-refractivity contribution in [1.29, 1.82) is 0 Å². The number of aryl methyl sites for hydroxylation is 2. The van der Waals surface area contributed by atoms with Crippen molar-refractivity contribution in [2.75, 3.05) is 0 Å². The molecule has 0 spiro atoms. The highest BCUT2D eigenvalue weighted by Gasteiger charge is 2.20. The fourth-order valence-corrected chi connectivity index (χ4v) is 4.20. The lowest BCUT2D eigenvalue weighted by molar-refractivity contribution is 0.104. The lowest BCUT2D eigenvalue weighted by atomic mass is 9.98. The van der Waals surface area contributed by atoms with Crippen LogP contribution in [0.4, 0.5) is 0 Å². The largest absolute Gasteiger partial charge is 0.360 e. The van der Waals surface area contributed by atoms with Gasteiger partial charge in [-0.2, -0.15) is 0 Å². The summed E-state index contributed by atoms with van der Waals surface area (Å²) in [5, 5.41) is 1.02. The summed E-state index contributed by atoms with van der Waals surface area (Å²) in [6, 6.07) is 10.1. The number of carbonyl (C=O) groups excluding carboxylic acids is 1. The number of ketones is 1. The van der Waals surface area contributed by atoms with Crippen LogP contribution in [0.15, 0.2) is 36.5 Å². The van der Waals surface area contributed by atoms with Crippen LogP contribution < -0.4 is 0 Å². The molecule has 0 fully saturated rings. The van der Waals surface area contributed by atoms with Crippen LogP contribution >= 0.6 is 11.3 Å². The van der Waals surface area contributed by atoms with Crippen LogP contribution in [-0.4, -0.2) is 10.8 Å². The summed E-state index contributed by atoms with van der Waals surface area (Å²) in [5.74, 6) is 0.154. The van der Waals surface area contributed by atoms with E-state index in [4.69, 9.17) is 0 Å². The summed E-state index contributed by atoms with van der Waals surface area (Å²) in [4.78, 5) is 18.2. The maximum atomic E-state index is 12.7. The number of thiophene rings is 1. The van der Waals surface area contributed by atoms with Crippen LogP contribution in [0.3, 0.4) is 0 Å². The Balaban J connectivity index is 1.78. The highest BCUT2D eigenvalue weighted by molar-refractivity contribution is 7.14. The zero-order chi connectivity index (χ0) is 13.5. The first-order chi connectivity index (χ1) is 9.83. The zero-order valence-electron chi connectivity index (χ0n) is 11.1. The van der Waals surface area contributed by atoms with Gasteiger partial charge in [0.25, 0.3) is 0 Å². The molecule has 100 valence electrons. The number of hydrogen-bond acceptors (Lipinski definition) is 2. The van der Waals surface area contributed by atoms with Crippen molar-refractivity contribution in [3.05, 3.63) is 57.4 Å². The first-order valence-electron chi connectivity index (χ1n) is 7.05. The van der Waals surface area contributed by atoms with E-state index in [-0.39, 0.29) is 5.78 Å². The molecule has 4 rings (SSSR count). The van der Waals surface area contributed by atoms with Crippen molar-refractivity contribution in [2.45, 2.75) is 25.7 Å². The van der Waals surface area contributed by atoms with E-state index in [0.717, 1.165) is 34.2 Å². The van der Waals surface area contributed by atoms with E-state index in [9.17, 15) is 4.79 Å². The van der Waals surface area contributed by atoms with Crippen molar-refractivity contribution in [2.24, 2.45) is 0 Å². The molecule has 1 aliphatic rings. The van der Waals surface area contributed by atoms with Gasteiger partial charge in [0.1, 0.15) is 0 Å². The summed E-state index contributed by atoms with van der Waals surface area (Å²) >= 11 is 1.69. The third-order valence-electron chi connectivity index (χ3n) is 4.05. The van der Waals surface area contributed by atoms with Gasteiger partial charge in [0.2, 0.25) is 5.78 Å². The number of H-pyrrole nitrogens is 1. The minimum Gasteiger partial charge on any atom is -0.360 e. The lowest BCUT2D eigenvalue weighted by Gasteiger charge is -2.08. The molecule has 1 aliphatic carbocycles. The van der Waals surface area contributed by atoms with E-state index in [1.807, 2.05) is 30.5 Å². The van der Waals surface area contributed by atoms with Crippen molar-refractivity contribution in [3.63, 3.8) is 0 Å². The molecule has 0 aliphatic heterocycles. The highest BCUT2D eigenvalue weighted by atomic mass is 32.1. The van der Waals surface area contributed by atoms with Gasteiger partial charge >= 0.3 is 0 Å². The molecule has 0 bridgehead atoms. The number of rotatable bonds is 2. The molecule has 1 N–H and O–H groups in total. The van der Waals surface area contributed by atoms with E-state index in [2.05, 4.69) is 11.1 Å². The van der Waals surface area contributed by atoms with Gasteiger partial charge in [-0.05, 0) is 43.4 Å². The Labute approximate surface area is 121 Å². The molecule has 3 heteroatoms. The zero-order valence-corrected chi connectivity index (χ0v) is 11.9. The van der Waals surface area contributed by atoms with Gasteiger partial charge < -0.3 is 4.98 Å². The number of carbonyl (C=O) groups is 1. The molecule has 0 saturated heterocycles. The molecule has 0 saturated carbocycles. The van der Waals surface area contributed by atoms with Crippen molar-refractivity contribution in [3.8, 4) is 0 Å². The molecule has 2 aromatic heterocycles. The molecule has 20 heavy (non-hydrogen) atoms. The van der Waals surface area contributed by atoms with E-state index in [1.165, 1.54) is 23.3 Å². The third-order valence-corrected chi connectivity index (χ3v) is 5.29.